The maximum Gasteiger partial charge on any atom is 0.246 e. The lowest BCUT2D eigenvalue weighted by Crippen LogP contribution is -2.99. The minimum atomic E-state index is -0.974. The van der Waals surface area contributed by atoms with Crippen molar-refractivity contribution in [2.45, 2.75) is 37.6 Å². The van der Waals surface area contributed by atoms with Crippen molar-refractivity contribution in [3.8, 4) is 0 Å². The summed E-state index contributed by atoms with van der Waals surface area (Å²) in [6, 6.07) is 25.0. The Morgan fingerprint density at radius 1 is 0.917 bits per heavy atom. The third-order valence-electron chi connectivity index (χ3n) is 5.63. The lowest BCUT2D eigenvalue weighted by molar-refractivity contribution is -0.991. The summed E-state index contributed by atoms with van der Waals surface area (Å²) in [6.45, 7) is 4.04. The Kier molecular flexibility index (Phi) is 10.5. The zero-order valence-electron chi connectivity index (χ0n) is 20.5. The number of carbonyl (C=O) groups is 2. The molecule has 4 N–H and O–H groups in total. The van der Waals surface area contributed by atoms with Gasteiger partial charge in [-0.25, -0.2) is 5.21 Å². The van der Waals surface area contributed by atoms with Gasteiger partial charge in [-0.15, -0.1) is 11.8 Å². The number of hydrogen-bond acceptors (Lipinski definition) is 5. The molecule has 0 aliphatic heterocycles. The minimum absolute atomic E-state index is 0.178. The molecule has 3 aromatic rings. The summed E-state index contributed by atoms with van der Waals surface area (Å²) in [5, 5.41) is 25.2. The molecule has 8 heteroatoms. The fourth-order valence-electron chi connectivity index (χ4n) is 3.76. The zero-order chi connectivity index (χ0) is 25.9. The van der Waals surface area contributed by atoms with Crippen LogP contribution in [0.25, 0.3) is 0 Å². The van der Waals surface area contributed by atoms with Crippen LogP contribution in [0.3, 0.4) is 0 Å². The first-order chi connectivity index (χ1) is 17.3. The van der Waals surface area contributed by atoms with Crippen molar-refractivity contribution in [2.24, 2.45) is 11.8 Å². The van der Waals surface area contributed by atoms with Gasteiger partial charge in [0.2, 0.25) is 11.8 Å². The summed E-state index contributed by atoms with van der Waals surface area (Å²) in [7, 11) is 0. The Hall–Kier alpha value is -3.17. The number of quaternary nitrogens is 1. The first-order valence-electron chi connectivity index (χ1n) is 12.0. The van der Waals surface area contributed by atoms with E-state index in [0.29, 0.717) is 24.3 Å². The van der Waals surface area contributed by atoms with Crippen molar-refractivity contribution in [3.63, 3.8) is 0 Å². The van der Waals surface area contributed by atoms with Gasteiger partial charge in [0, 0.05) is 28.5 Å². The quantitative estimate of drug-likeness (QED) is 0.217. The van der Waals surface area contributed by atoms with Crippen LogP contribution in [0.2, 0.25) is 0 Å². The first-order valence-corrected chi connectivity index (χ1v) is 13.0. The zero-order valence-corrected chi connectivity index (χ0v) is 21.3. The van der Waals surface area contributed by atoms with Crippen LogP contribution in [-0.4, -0.2) is 28.8 Å². The Balaban J connectivity index is 1.73. The molecule has 0 spiro atoms. The summed E-state index contributed by atoms with van der Waals surface area (Å²) in [4.78, 5) is 27.4. The predicted octanol–water partition coefficient (Wildman–Crippen LogP) is 4.21. The van der Waals surface area contributed by atoms with E-state index in [2.05, 4.69) is 10.6 Å². The van der Waals surface area contributed by atoms with Crippen LogP contribution in [0, 0.1) is 17.0 Å². The van der Waals surface area contributed by atoms with Crippen LogP contribution in [0.4, 0.5) is 11.4 Å². The molecule has 3 aromatic carbocycles. The van der Waals surface area contributed by atoms with Gasteiger partial charge in [-0.2, -0.15) is 5.23 Å². The second kappa shape index (κ2) is 13.8. The van der Waals surface area contributed by atoms with Crippen molar-refractivity contribution in [2.75, 3.05) is 11.1 Å². The summed E-state index contributed by atoms with van der Waals surface area (Å²) in [6.07, 6.45) is 1.05. The van der Waals surface area contributed by atoms with Crippen molar-refractivity contribution in [3.05, 3.63) is 95.7 Å². The average molecular weight is 508 g/mol. The summed E-state index contributed by atoms with van der Waals surface area (Å²) in [5.41, 5.74) is 1.94. The van der Waals surface area contributed by atoms with E-state index in [4.69, 9.17) is 5.21 Å². The lowest BCUT2D eigenvalue weighted by Gasteiger charge is -2.24. The van der Waals surface area contributed by atoms with Gasteiger partial charge in [-0.1, -0.05) is 62.4 Å². The third kappa shape index (κ3) is 8.80. The Morgan fingerprint density at radius 2 is 1.53 bits per heavy atom. The maximum absolute atomic E-state index is 13.5. The number of benzene rings is 3. The fraction of sp³-hybridized carbons (Fsp3) is 0.286. The van der Waals surface area contributed by atoms with Crippen molar-refractivity contribution in [1.29, 1.82) is 0 Å². The molecule has 3 atom stereocenters. The molecule has 7 nitrogen and oxygen atoms in total. The molecular formula is C28H33N3O4S. The van der Waals surface area contributed by atoms with Gasteiger partial charge in [0.25, 0.3) is 0 Å². The number of amides is 2. The van der Waals surface area contributed by atoms with Crippen molar-refractivity contribution >= 4 is 35.0 Å². The van der Waals surface area contributed by atoms with E-state index in [1.165, 1.54) is 11.8 Å². The number of anilines is 1. The highest BCUT2D eigenvalue weighted by molar-refractivity contribution is 7.99. The van der Waals surface area contributed by atoms with Gasteiger partial charge >= 0.3 is 0 Å². The van der Waals surface area contributed by atoms with Crippen LogP contribution in [0.15, 0.2) is 89.8 Å². The highest BCUT2D eigenvalue weighted by atomic mass is 32.2. The largest absolute Gasteiger partial charge is 0.595 e. The second-order valence-corrected chi connectivity index (χ2v) is 10.2. The van der Waals surface area contributed by atoms with Gasteiger partial charge in [-0.05, 0) is 48.6 Å². The number of nitrogens with one attached hydrogen (secondary N) is 3. The van der Waals surface area contributed by atoms with Gasteiger partial charge < -0.3 is 15.8 Å². The smallest absolute Gasteiger partial charge is 0.246 e. The standard InChI is InChI=1S/C28H33N3O4S/c1-20(2)17-26(28(33)29-23-11-7-4-8-12-23)30-27(32)22(18-21-9-5-3-6-10-21)19-36-25-15-13-24(14-16-25)31(34)35/h3-16,20,22,26,31,34H,17-19H2,1-2H3,(H,29,33)(H,30,32). The van der Waals surface area contributed by atoms with Gasteiger partial charge in [0.05, 0.1) is 5.92 Å². The molecule has 0 aliphatic rings. The molecule has 3 unspecified atom stereocenters. The molecule has 0 saturated heterocycles. The second-order valence-electron chi connectivity index (χ2n) is 9.07. The van der Waals surface area contributed by atoms with E-state index in [-0.39, 0.29) is 29.3 Å². The van der Waals surface area contributed by atoms with Gasteiger partial charge in [0.1, 0.15) is 6.04 Å². The van der Waals surface area contributed by atoms with Crippen LogP contribution in [0.1, 0.15) is 25.8 Å². The Morgan fingerprint density at radius 3 is 2.11 bits per heavy atom. The molecule has 0 saturated carbocycles. The molecule has 3 rings (SSSR count). The summed E-state index contributed by atoms with van der Waals surface area (Å²) >= 11 is 1.49. The summed E-state index contributed by atoms with van der Waals surface area (Å²) < 4.78 is 0. The fourth-order valence-corrected chi connectivity index (χ4v) is 4.75. The van der Waals surface area contributed by atoms with E-state index in [0.717, 1.165) is 10.5 Å². The van der Waals surface area contributed by atoms with Crippen LogP contribution in [-0.2, 0) is 16.0 Å². The highest BCUT2D eigenvalue weighted by Crippen LogP contribution is 2.24. The van der Waals surface area contributed by atoms with E-state index >= 15 is 0 Å². The Labute approximate surface area is 216 Å². The van der Waals surface area contributed by atoms with E-state index in [1.54, 1.807) is 24.3 Å². The number of carbonyl (C=O) groups excluding carboxylic acids is 2. The average Bonchev–Trinajstić information content (AvgIpc) is 2.87. The number of thioether (sulfide) groups is 1. The van der Waals surface area contributed by atoms with Crippen molar-refractivity contribution < 1.29 is 20.0 Å². The predicted molar refractivity (Wildman–Crippen MR) is 143 cm³/mol. The van der Waals surface area contributed by atoms with E-state index in [1.807, 2.05) is 74.5 Å². The van der Waals surface area contributed by atoms with Crippen LogP contribution >= 0.6 is 11.8 Å². The Bertz CT molecular complexity index is 1090. The lowest BCUT2D eigenvalue weighted by atomic mass is 9.98. The molecule has 36 heavy (non-hydrogen) atoms. The first kappa shape index (κ1) is 27.4. The molecule has 190 valence electrons. The molecule has 0 radical (unpaired) electrons. The van der Waals surface area contributed by atoms with E-state index < -0.39 is 11.3 Å². The molecule has 0 bridgehead atoms. The highest BCUT2D eigenvalue weighted by Gasteiger charge is 2.27. The van der Waals surface area contributed by atoms with E-state index in [9.17, 15) is 14.8 Å². The summed E-state index contributed by atoms with van der Waals surface area (Å²) in [5.74, 6) is -0.0924. The topological polar surface area (TPSA) is 106 Å². The minimum Gasteiger partial charge on any atom is -0.595 e. The molecule has 0 aromatic heterocycles. The van der Waals surface area contributed by atoms with Crippen LogP contribution in [0.5, 0.6) is 0 Å². The molecule has 2 amide bonds. The monoisotopic (exact) mass is 507 g/mol. The molecule has 0 aliphatic carbocycles. The van der Waals surface area contributed by atoms with Gasteiger partial charge in [0.15, 0.2) is 5.69 Å². The van der Waals surface area contributed by atoms with Crippen LogP contribution < -0.4 is 15.9 Å². The molecule has 0 heterocycles. The molecule has 0 fully saturated rings. The molecular weight excluding hydrogens is 474 g/mol. The van der Waals surface area contributed by atoms with Gasteiger partial charge in [-0.3, -0.25) is 9.59 Å². The number of para-hydroxylation sites is 1. The number of rotatable bonds is 12. The normalized spacial score (nSPS) is 13.6. The maximum atomic E-state index is 13.5. The van der Waals surface area contributed by atoms with Crippen molar-refractivity contribution in [1.82, 2.24) is 5.32 Å². The number of hydrogen-bond donors (Lipinski definition) is 4. The third-order valence-corrected chi connectivity index (χ3v) is 6.80. The SMILES string of the molecule is CC(C)CC(NC(=O)C(CSc1ccc([NH+]([O-])O)cc1)Cc1ccccc1)C(=O)Nc1ccccc1.